The number of nitro benzene ring substituents is 1. The minimum Gasteiger partial charge on any atom is -0.507 e. The number of hydrazone groups is 1. The van der Waals surface area contributed by atoms with Crippen LogP contribution in [0.25, 0.3) is 0 Å². The van der Waals surface area contributed by atoms with Crippen molar-refractivity contribution in [3.63, 3.8) is 0 Å². The van der Waals surface area contributed by atoms with Crippen LogP contribution in [-0.2, 0) is 4.79 Å². The molecule has 1 amide bonds. The number of benzene rings is 2. The van der Waals surface area contributed by atoms with Crippen LogP contribution in [0.2, 0.25) is 0 Å². The number of non-ortho nitro benzene ring substituents is 1. The van der Waals surface area contributed by atoms with E-state index in [2.05, 4.69) is 31.8 Å². The van der Waals surface area contributed by atoms with Crippen molar-refractivity contribution < 1.29 is 14.8 Å². The third kappa shape index (κ3) is 5.28. The summed E-state index contributed by atoms with van der Waals surface area (Å²) in [5.41, 5.74) is 3.03. The second-order valence-electron chi connectivity index (χ2n) is 5.11. The van der Waals surface area contributed by atoms with Gasteiger partial charge in [-0.2, -0.15) is 5.10 Å². The minimum absolute atomic E-state index is 0.128. The summed E-state index contributed by atoms with van der Waals surface area (Å²) in [4.78, 5) is 22.1. The average molecular weight is 407 g/mol. The van der Waals surface area contributed by atoms with Gasteiger partial charge in [0.25, 0.3) is 11.6 Å². The van der Waals surface area contributed by atoms with Crippen LogP contribution in [0.4, 0.5) is 11.4 Å². The molecule has 25 heavy (non-hydrogen) atoms. The van der Waals surface area contributed by atoms with Crippen molar-refractivity contribution in [2.24, 2.45) is 5.10 Å². The number of phenols is 1. The summed E-state index contributed by atoms with van der Waals surface area (Å²) in [6, 6.07) is 10.3. The molecule has 0 aliphatic carbocycles. The van der Waals surface area contributed by atoms with Crippen LogP contribution >= 0.6 is 15.9 Å². The van der Waals surface area contributed by atoms with E-state index >= 15 is 0 Å². The highest BCUT2D eigenvalue weighted by Crippen LogP contribution is 2.21. The Bertz CT molecular complexity index is 808. The number of rotatable bonds is 6. The van der Waals surface area contributed by atoms with E-state index in [9.17, 15) is 20.0 Å². The Labute approximate surface area is 151 Å². The first-order valence-corrected chi connectivity index (χ1v) is 7.98. The Morgan fingerprint density at radius 1 is 1.32 bits per heavy atom. The Kier molecular flexibility index (Phi) is 6.07. The summed E-state index contributed by atoms with van der Waals surface area (Å²) in [5.74, 6) is -0.575. The zero-order valence-corrected chi connectivity index (χ0v) is 14.7. The van der Waals surface area contributed by atoms with Gasteiger partial charge >= 0.3 is 0 Å². The van der Waals surface area contributed by atoms with Crippen LogP contribution in [0.3, 0.4) is 0 Å². The highest BCUT2D eigenvalue weighted by atomic mass is 79.9. The van der Waals surface area contributed by atoms with Crippen molar-refractivity contribution in [2.45, 2.75) is 13.0 Å². The van der Waals surface area contributed by atoms with Crippen LogP contribution in [-0.4, -0.2) is 28.2 Å². The third-order valence-corrected chi connectivity index (χ3v) is 3.75. The Morgan fingerprint density at radius 2 is 2.00 bits per heavy atom. The molecule has 9 heteroatoms. The first-order valence-electron chi connectivity index (χ1n) is 7.19. The van der Waals surface area contributed by atoms with Gasteiger partial charge < -0.3 is 10.4 Å². The molecule has 0 radical (unpaired) electrons. The van der Waals surface area contributed by atoms with Gasteiger partial charge in [0.15, 0.2) is 0 Å². The molecule has 2 aromatic carbocycles. The molecule has 1 atom stereocenters. The number of anilines is 1. The predicted molar refractivity (Wildman–Crippen MR) is 97.7 cm³/mol. The quantitative estimate of drug-likeness (QED) is 0.387. The van der Waals surface area contributed by atoms with Gasteiger partial charge in [0.05, 0.1) is 11.1 Å². The van der Waals surface area contributed by atoms with Crippen LogP contribution in [0.5, 0.6) is 5.75 Å². The first kappa shape index (κ1) is 18.4. The van der Waals surface area contributed by atoms with Crippen LogP contribution in [0, 0.1) is 10.1 Å². The third-order valence-electron chi connectivity index (χ3n) is 3.22. The molecule has 3 N–H and O–H groups in total. The van der Waals surface area contributed by atoms with Gasteiger partial charge in [-0.15, -0.1) is 0 Å². The van der Waals surface area contributed by atoms with Gasteiger partial charge in [-0.25, -0.2) is 5.43 Å². The molecule has 0 saturated carbocycles. The lowest BCUT2D eigenvalue weighted by Gasteiger charge is -2.13. The summed E-state index contributed by atoms with van der Waals surface area (Å²) in [6.07, 6.45) is 1.15. The smallest absolute Gasteiger partial charge is 0.270 e. The molecule has 0 fully saturated rings. The van der Waals surface area contributed by atoms with E-state index in [4.69, 9.17) is 0 Å². The number of aromatic hydroxyl groups is 1. The highest BCUT2D eigenvalue weighted by Gasteiger charge is 2.12. The first-order chi connectivity index (χ1) is 11.9. The van der Waals surface area contributed by atoms with Crippen molar-refractivity contribution in [3.05, 3.63) is 62.6 Å². The molecule has 130 valence electrons. The van der Waals surface area contributed by atoms with E-state index in [1.165, 1.54) is 12.1 Å². The number of nitrogens with zero attached hydrogens (tertiary/aromatic N) is 2. The summed E-state index contributed by atoms with van der Waals surface area (Å²) < 4.78 is 0.927. The second kappa shape index (κ2) is 8.25. The van der Waals surface area contributed by atoms with Crippen LogP contribution in [0.1, 0.15) is 12.5 Å². The van der Waals surface area contributed by atoms with Crippen molar-refractivity contribution >= 4 is 39.4 Å². The number of carbonyl (C=O) groups is 1. The molecule has 0 aliphatic heterocycles. The maximum atomic E-state index is 12.0. The summed E-state index contributed by atoms with van der Waals surface area (Å²) in [6.45, 7) is 1.66. The van der Waals surface area contributed by atoms with Gasteiger partial charge in [0.2, 0.25) is 0 Å². The number of nitrogens with one attached hydrogen (secondary N) is 2. The number of carbonyl (C=O) groups excluding carboxylic acids is 1. The predicted octanol–water partition coefficient (Wildman–Crippen LogP) is 3.01. The molecular formula is C16H15BrN4O4. The van der Waals surface area contributed by atoms with Crippen molar-refractivity contribution in [3.8, 4) is 5.75 Å². The topological polar surface area (TPSA) is 117 Å². The Morgan fingerprint density at radius 3 is 2.64 bits per heavy atom. The molecule has 2 aromatic rings. The zero-order valence-electron chi connectivity index (χ0n) is 13.1. The molecule has 0 aromatic heterocycles. The Hall–Kier alpha value is -2.94. The molecule has 0 spiro atoms. The SMILES string of the molecule is CC(Nc1ccc(Br)cc1)C(=O)N/N=C/c1cc([N+](=O)[O-])ccc1O. The van der Waals surface area contributed by atoms with Gasteiger partial charge in [-0.05, 0) is 37.3 Å². The van der Waals surface area contributed by atoms with Gasteiger partial charge in [0.1, 0.15) is 11.8 Å². The van der Waals surface area contributed by atoms with Crippen LogP contribution < -0.4 is 10.7 Å². The van der Waals surface area contributed by atoms with E-state index in [1.807, 2.05) is 24.3 Å². The van der Waals surface area contributed by atoms with Gasteiger partial charge in [-0.1, -0.05) is 15.9 Å². The van der Waals surface area contributed by atoms with Gasteiger partial charge in [0, 0.05) is 27.9 Å². The number of hydrogen-bond acceptors (Lipinski definition) is 6. The maximum Gasteiger partial charge on any atom is 0.270 e. The standard InChI is InChI=1S/C16H15BrN4O4/c1-10(19-13-4-2-12(17)3-5-13)16(23)20-18-9-11-8-14(21(24)25)6-7-15(11)22/h2-10,19,22H,1H3,(H,20,23)/b18-9+. The van der Waals surface area contributed by atoms with E-state index in [0.717, 1.165) is 22.4 Å². The van der Waals surface area contributed by atoms with E-state index in [0.29, 0.717) is 0 Å². The minimum atomic E-state index is -0.584. The van der Waals surface area contributed by atoms with E-state index in [1.54, 1.807) is 6.92 Å². The molecule has 8 nitrogen and oxygen atoms in total. The fourth-order valence-corrected chi connectivity index (χ4v) is 2.15. The number of nitro groups is 1. The maximum absolute atomic E-state index is 12.0. The lowest BCUT2D eigenvalue weighted by molar-refractivity contribution is -0.384. The van der Waals surface area contributed by atoms with Crippen molar-refractivity contribution in [2.75, 3.05) is 5.32 Å². The lowest BCUT2D eigenvalue weighted by atomic mass is 10.2. The number of halogens is 1. The molecular weight excluding hydrogens is 392 g/mol. The molecule has 0 aliphatic rings. The van der Waals surface area contributed by atoms with Crippen molar-refractivity contribution in [1.29, 1.82) is 0 Å². The molecule has 1 unspecified atom stereocenters. The number of amides is 1. The fraction of sp³-hybridized carbons (Fsp3) is 0.125. The highest BCUT2D eigenvalue weighted by molar-refractivity contribution is 9.10. The zero-order chi connectivity index (χ0) is 18.4. The van der Waals surface area contributed by atoms with Crippen LogP contribution in [0.15, 0.2) is 52.0 Å². The normalized spacial score (nSPS) is 11.9. The average Bonchev–Trinajstić information content (AvgIpc) is 2.58. The van der Waals surface area contributed by atoms with Gasteiger partial charge in [-0.3, -0.25) is 14.9 Å². The second-order valence-corrected chi connectivity index (χ2v) is 6.02. The number of phenolic OH excluding ortho intramolecular Hbond substituents is 1. The monoisotopic (exact) mass is 406 g/mol. The van der Waals surface area contributed by atoms with E-state index in [-0.39, 0.29) is 17.0 Å². The molecule has 0 heterocycles. The molecule has 0 bridgehead atoms. The summed E-state index contributed by atoms with van der Waals surface area (Å²) in [5, 5.41) is 27.1. The summed E-state index contributed by atoms with van der Waals surface area (Å²) >= 11 is 3.33. The van der Waals surface area contributed by atoms with E-state index < -0.39 is 16.9 Å². The molecule has 2 rings (SSSR count). The summed E-state index contributed by atoms with van der Waals surface area (Å²) in [7, 11) is 0. The largest absolute Gasteiger partial charge is 0.507 e. The fourth-order valence-electron chi connectivity index (χ4n) is 1.88. The molecule has 0 saturated heterocycles. The number of hydrogen-bond donors (Lipinski definition) is 3. The Balaban J connectivity index is 1.96. The van der Waals surface area contributed by atoms with Crippen molar-refractivity contribution in [1.82, 2.24) is 5.43 Å². The lowest BCUT2D eigenvalue weighted by Crippen LogP contribution is -2.34.